The highest BCUT2D eigenvalue weighted by molar-refractivity contribution is 5.75. The summed E-state index contributed by atoms with van der Waals surface area (Å²) >= 11 is 0. The van der Waals surface area contributed by atoms with E-state index in [0.717, 1.165) is 12.8 Å². The summed E-state index contributed by atoms with van der Waals surface area (Å²) in [7, 11) is 0. The zero-order chi connectivity index (χ0) is 10.8. The topological polar surface area (TPSA) is 38.8 Å². The zero-order valence-corrected chi connectivity index (χ0v) is 9.50. The third-order valence-electron chi connectivity index (χ3n) is 2.25. The molecule has 3 heteroatoms. The molecule has 0 amide bonds. The molecule has 1 saturated heterocycles. The van der Waals surface area contributed by atoms with Crippen LogP contribution in [-0.2, 0) is 14.3 Å². The molecule has 0 spiro atoms. The molecule has 0 aliphatic carbocycles. The van der Waals surface area contributed by atoms with Crippen LogP contribution in [-0.4, -0.2) is 24.8 Å². The van der Waals surface area contributed by atoms with Crippen LogP contribution < -0.4 is 0 Å². The van der Waals surface area contributed by atoms with E-state index in [1.54, 1.807) is 0 Å². The van der Waals surface area contributed by atoms with Gasteiger partial charge < -0.3 is 9.47 Å². The molecule has 0 aromatic carbocycles. The van der Waals surface area contributed by atoms with Crippen molar-refractivity contribution in [1.82, 2.24) is 0 Å². The summed E-state index contributed by atoms with van der Waals surface area (Å²) in [4.78, 5) is 11.4. The lowest BCUT2D eigenvalue weighted by atomic mass is 9.97. The quantitative estimate of drug-likeness (QED) is 0.515. The van der Waals surface area contributed by atoms with E-state index >= 15 is 0 Å². The number of hydrogen-bond acceptors (Lipinski definition) is 3. The average Bonchev–Trinajstić information content (AvgIpc) is 2.78. The molecule has 0 aromatic heterocycles. The fourth-order valence-electron chi connectivity index (χ4n) is 1.24. The summed E-state index contributed by atoms with van der Waals surface area (Å²) in [6.07, 6.45) is 2.67. The molecular weight excluding hydrogens is 180 g/mol. The Balaban J connectivity index is 2.14. The van der Waals surface area contributed by atoms with Crippen molar-refractivity contribution < 1.29 is 14.3 Å². The second kappa shape index (κ2) is 4.30. The van der Waals surface area contributed by atoms with E-state index in [1.165, 1.54) is 0 Å². The Bertz CT molecular complexity index is 205. The fraction of sp³-hybridized carbons (Fsp3) is 0.909. The molecule has 1 aliphatic rings. The molecule has 0 radical (unpaired) electrons. The molecule has 1 aliphatic heterocycles. The Kier molecular flexibility index (Phi) is 3.53. The van der Waals surface area contributed by atoms with Crippen LogP contribution in [0.15, 0.2) is 0 Å². The number of epoxide rings is 1. The summed E-state index contributed by atoms with van der Waals surface area (Å²) in [6, 6.07) is 0. The second-order valence-electron chi connectivity index (χ2n) is 4.85. The number of hydrogen-bond donors (Lipinski definition) is 0. The summed E-state index contributed by atoms with van der Waals surface area (Å²) in [5, 5.41) is 0. The van der Waals surface area contributed by atoms with Crippen LogP contribution in [0.1, 0.15) is 40.5 Å². The van der Waals surface area contributed by atoms with Gasteiger partial charge in [-0.15, -0.1) is 0 Å². The third kappa shape index (κ3) is 3.29. The molecule has 0 aromatic rings. The summed E-state index contributed by atoms with van der Waals surface area (Å²) in [6.45, 7) is 8.10. The first-order chi connectivity index (χ1) is 6.45. The Morgan fingerprint density at radius 3 is 2.50 bits per heavy atom. The molecule has 2 atom stereocenters. The smallest absolute Gasteiger partial charge is 0.311 e. The SMILES string of the molecule is CCC[C@H]1O[C@H]1COC(=O)C(C)(C)C. The van der Waals surface area contributed by atoms with Gasteiger partial charge in [0.25, 0.3) is 0 Å². The van der Waals surface area contributed by atoms with Crippen molar-refractivity contribution in [3.8, 4) is 0 Å². The predicted molar refractivity (Wildman–Crippen MR) is 54.0 cm³/mol. The molecular formula is C11H20O3. The molecule has 0 saturated carbocycles. The van der Waals surface area contributed by atoms with Crippen molar-refractivity contribution in [2.24, 2.45) is 5.41 Å². The van der Waals surface area contributed by atoms with E-state index in [-0.39, 0.29) is 12.1 Å². The maximum Gasteiger partial charge on any atom is 0.311 e. The minimum atomic E-state index is -0.408. The van der Waals surface area contributed by atoms with Crippen LogP contribution in [0.5, 0.6) is 0 Å². The highest BCUT2D eigenvalue weighted by Crippen LogP contribution is 2.27. The van der Waals surface area contributed by atoms with Gasteiger partial charge in [-0.1, -0.05) is 13.3 Å². The molecule has 1 heterocycles. The number of carbonyl (C=O) groups is 1. The molecule has 82 valence electrons. The first-order valence-corrected chi connectivity index (χ1v) is 5.28. The lowest BCUT2D eigenvalue weighted by molar-refractivity contribution is -0.153. The standard InChI is InChI=1S/C11H20O3/c1-5-6-8-9(14-8)7-13-10(12)11(2,3)4/h8-9H,5-7H2,1-4H3/t8-,9+/m1/s1. The Morgan fingerprint density at radius 2 is 2.00 bits per heavy atom. The van der Waals surface area contributed by atoms with Gasteiger partial charge in [-0.2, -0.15) is 0 Å². The minimum Gasteiger partial charge on any atom is -0.462 e. The maximum absolute atomic E-state index is 11.4. The van der Waals surface area contributed by atoms with Crippen molar-refractivity contribution in [2.75, 3.05) is 6.61 Å². The normalized spacial score (nSPS) is 26.0. The molecule has 0 unspecified atom stereocenters. The van der Waals surface area contributed by atoms with Crippen molar-refractivity contribution in [1.29, 1.82) is 0 Å². The summed E-state index contributed by atoms with van der Waals surface area (Å²) < 4.78 is 10.5. The van der Waals surface area contributed by atoms with E-state index in [2.05, 4.69) is 6.92 Å². The Hall–Kier alpha value is -0.570. The molecule has 1 rings (SSSR count). The van der Waals surface area contributed by atoms with Gasteiger partial charge in [-0.05, 0) is 27.2 Å². The highest BCUT2D eigenvalue weighted by atomic mass is 16.6. The van der Waals surface area contributed by atoms with Crippen molar-refractivity contribution >= 4 is 5.97 Å². The molecule has 14 heavy (non-hydrogen) atoms. The zero-order valence-electron chi connectivity index (χ0n) is 9.50. The molecule has 3 nitrogen and oxygen atoms in total. The lowest BCUT2D eigenvalue weighted by Gasteiger charge is -2.15. The third-order valence-corrected chi connectivity index (χ3v) is 2.25. The van der Waals surface area contributed by atoms with Gasteiger partial charge in [-0.3, -0.25) is 4.79 Å². The van der Waals surface area contributed by atoms with Gasteiger partial charge in [0.15, 0.2) is 0 Å². The first-order valence-electron chi connectivity index (χ1n) is 5.28. The second-order valence-corrected chi connectivity index (χ2v) is 4.85. The van der Waals surface area contributed by atoms with Crippen LogP contribution in [0.25, 0.3) is 0 Å². The van der Waals surface area contributed by atoms with Gasteiger partial charge in [0.1, 0.15) is 12.7 Å². The minimum absolute atomic E-state index is 0.150. The van der Waals surface area contributed by atoms with Gasteiger partial charge in [0, 0.05) is 0 Å². The number of ether oxygens (including phenoxy) is 2. The van der Waals surface area contributed by atoms with Gasteiger partial charge in [-0.25, -0.2) is 0 Å². The maximum atomic E-state index is 11.4. The summed E-state index contributed by atoms with van der Waals surface area (Å²) in [5.41, 5.74) is -0.408. The van der Waals surface area contributed by atoms with Gasteiger partial charge >= 0.3 is 5.97 Å². The number of rotatable bonds is 4. The van der Waals surface area contributed by atoms with Crippen molar-refractivity contribution in [2.45, 2.75) is 52.7 Å². The Labute approximate surface area is 85.8 Å². The van der Waals surface area contributed by atoms with Crippen LogP contribution >= 0.6 is 0 Å². The van der Waals surface area contributed by atoms with Gasteiger partial charge in [0.2, 0.25) is 0 Å². The number of esters is 1. The van der Waals surface area contributed by atoms with Crippen LogP contribution in [0, 0.1) is 5.41 Å². The van der Waals surface area contributed by atoms with E-state index in [4.69, 9.17) is 9.47 Å². The van der Waals surface area contributed by atoms with Crippen LogP contribution in [0.2, 0.25) is 0 Å². The van der Waals surface area contributed by atoms with Crippen molar-refractivity contribution in [3.05, 3.63) is 0 Å². The average molecular weight is 200 g/mol. The summed E-state index contributed by atoms with van der Waals surface area (Å²) in [5.74, 6) is -0.150. The van der Waals surface area contributed by atoms with E-state index in [9.17, 15) is 4.79 Å². The Morgan fingerprint density at radius 1 is 1.36 bits per heavy atom. The largest absolute Gasteiger partial charge is 0.462 e. The first kappa shape index (κ1) is 11.5. The van der Waals surface area contributed by atoms with Crippen LogP contribution in [0.4, 0.5) is 0 Å². The fourth-order valence-corrected chi connectivity index (χ4v) is 1.24. The molecule has 0 N–H and O–H groups in total. The lowest BCUT2D eigenvalue weighted by Crippen LogP contribution is -2.24. The van der Waals surface area contributed by atoms with E-state index in [1.807, 2.05) is 20.8 Å². The monoisotopic (exact) mass is 200 g/mol. The molecule has 1 fully saturated rings. The van der Waals surface area contributed by atoms with Gasteiger partial charge in [0.05, 0.1) is 11.5 Å². The number of carbonyl (C=O) groups excluding carboxylic acids is 1. The van der Waals surface area contributed by atoms with Crippen molar-refractivity contribution in [3.63, 3.8) is 0 Å². The van der Waals surface area contributed by atoms with Crippen LogP contribution in [0.3, 0.4) is 0 Å². The van der Waals surface area contributed by atoms with E-state index in [0.29, 0.717) is 12.7 Å². The highest BCUT2D eigenvalue weighted by Gasteiger charge is 2.39. The predicted octanol–water partition coefficient (Wildman–Crippen LogP) is 2.14. The molecule has 0 bridgehead atoms. The van der Waals surface area contributed by atoms with E-state index < -0.39 is 5.41 Å².